The largest absolute Gasteiger partial charge is 0.383 e. The average molecular weight is 231 g/mol. The highest BCUT2D eigenvalue weighted by atomic mass is 35.5. The maximum atomic E-state index is 10.3. The van der Waals surface area contributed by atoms with Crippen molar-refractivity contribution in [3.05, 3.63) is 16.9 Å². The molecule has 0 amide bonds. The Labute approximate surface area is 93.8 Å². The second kappa shape index (κ2) is 3.77. The van der Waals surface area contributed by atoms with E-state index >= 15 is 0 Å². The Morgan fingerprint density at radius 2 is 2.40 bits per heavy atom. The van der Waals surface area contributed by atoms with Gasteiger partial charge in [0.25, 0.3) is 0 Å². The molecule has 2 rings (SSSR count). The second-order valence-corrected chi connectivity index (χ2v) is 4.39. The van der Waals surface area contributed by atoms with Gasteiger partial charge in [0.1, 0.15) is 5.60 Å². The normalized spacial score (nSPS) is 30.3. The van der Waals surface area contributed by atoms with Crippen LogP contribution in [0, 0.1) is 0 Å². The molecule has 0 spiro atoms. The lowest BCUT2D eigenvalue weighted by Gasteiger charge is -2.43. The first kappa shape index (κ1) is 10.9. The minimum Gasteiger partial charge on any atom is -0.383 e. The molecule has 0 radical (unpaired) electrons. The molecule has 0 unspecified atom stereocenters. The molecule has 0 aliphatic heterocycles. The van der Waals surface area contributed by atoms with Gasteiger partial charge >= 0.3 is 0 Å². The maximum absolute atomic E-state index is 10.3. The molecule has 84 valence electrons. The van der Waals surface area contributed by atoms with Crippen molar-refractivity contribution in [2.75, 3.05) is 6.61 Å². The second-order valence-electron chi connectivity index (χ2n) is 3.98. The van der Waals surface area contributed by atoms with Gasteiger partial charge in [-0.25, -0.2) is 0 Å². The Bertz CT molecular complexity index is 339. The Hall–Kier alpha value is -0.580. The van der Waals surface area contributed by atoms with Crippen LogP contribution in [-0.2, 0) is 17.4 Å². The molecule has 4 nitrogen and oxygen atoms in total. The predicted octanol–water partition coefficient (Wildman–Crippen LogP) is 1.46. The first-order valence-corrected chi connectivity index (χ1v) is 5.46. The molecule has 0 atom stereocenters. The van der Waals surface area contributed by atoms with Crippen molar-refractivity contribution >= 4 is 11.6 Å². The zero-order valence-electron chi connectivity index (χ0n) is 8.90. The smallest absolute Gasteiger partial charge is 0.113 e. The molecular formula is C10H15ClN2O2. The Kier molecular flexibility index (Phi) is 2.75. The molecule has 0 aromatic carbocycles. The summed E-state index contributed by atoms with van der Waals surface area (Å²) in [6.45, 7) is 2.63. The Morgan fingerprint density at radius 3 is 2.87 bits per heavy atom. The molecule has 1 aromatic rings. The molecule has 0 bridgehead atoms. The third kappa shape index (κ3) is 1.77. The van der Waals surface area contributed by atoms with Crippen LogP contribution in [-0.4, -0.2) is 27.6 Å². The van der Waals surface area contributed by atoms with Crippen molar-refractivity contribution < 1.29 is 9.84 Å². The van der Waals surface area contributed by atoms with Crippen LogP contribution in [0.3, 0.4) is 0 Å². The van der Waals surface area contributed by atoms with Crippen LogP contribution in [0.4, 0.5) is 0 Å². The van der Waals surface area contributed by atoms with E-state index in [9.17, 15) is 5.11 Å². The number of hydrogen-bond donors (Lipinski definition) is 1. The molecule has 1 fully saturated rings. The number of rotatable bonds is 3. The molecule has 1 N–H and O–H groups in total. The minimum atomic E-state index is -0.859. The number of aliphatic hydroxyl groups is 1. The first-order valence-electron chi connectivity index (χ1n) is 5.09. The van der Waals surface area contributed by atoms with Crippen molar-refractivity contribution in [2.24, 2.45) is 7.05 Å². The van der Waals surface area contributed by atoms with E-state index in [0.717, 1.165) is 0 Å². The fourth-order valence-electron chi connectivity index (χ4n) is 2.17. The summed E-state index contributed by atoms with van der Waals surface area (Å²) < 4.78 is 7.05. The number of hydrogen-bond acceptors (Lipinski definition) is 3. The van der Waals surface area contributed by atoms with Crippen molar-refractivity contribution in [1.82, 2.24) is 9.78 Å². The average Bonchev–Trinajstić information content (AvgIpc) is 2.44. The van der Waals surface area contributed by atoms with Gasteiger partial charge in [-0.1, -0.05) is 11.6 Å². The summed E-state index contributed by atoms with van der Waals surface area (Å²) in [5.74, 6) is 0. The van der Waals surface area contributed by atoms with Crippen LogP contribution in [0.2, 0.25) is 5.02 Å². The molecule has 1 aliphatic rings. The van der Waals surface area contributed by atoms with Crippen molar-refractivity contribution in [3.63, 3.8) is 0 Å². The summed E-state index contributed by atoms with van der Waals surface area (Å²) in [5, 5.41) is 14.8. The van der Waals surface area contributed by atoms with Gasteiger partial charge in [-0.15, -0.1) is 0 Å². The van der Waals surface area contributed by atoms with E-state index in [4.69, 9.17) is 16.3 Å². The fraction of sp³-hybridized carbons (Fsp3) is 0.700. The number of aromatic nitrogens is 2. The predicted molar refractivity (Wildman–Crippen MR) is 56.8 cm³/mol. The monoisotopic (exact) mass is 230 g/mol. The van der Waals surface area contributed by atoms with E-state index < -0.39 is 5.60 Å². The molecule has 1 heterocycles. The third-order valence-corrected chi connectivity index (χ3v) is 3.14. The van der Waals surface area contributed by atoms with Crippen molar-refractivity contribution in [1.29, 1.82) is 0 Å². The van der Waals surface area contributed by atoms with Gasteiger partial charge < -0.3 is 9.84 Å². The summed E-state index contributed by atoms with van der Waals surface area (Å²) in [6, 6.07) is 0. The summed E-state index contributed by atoms with van der Waals surface area (Å²) in [6.07, 6.45) is 2.90. The van der Waals surface area contributed by atoms with E-state index in [0.29, 0.717) is 30.2 Å². The van der Waals surface area contributed by atoms with Crippen LogP contribution in [0.1, 0.15) is 25.5 Å². The van der Waals surface area contributed by atoms with E-state index in [1.165, 1.54) is 0 Å². The zero-order valence-corrected chi connectivity index (χ0v) is 9.66. The van der Waals surface area contributed by atoms with Crippen molar-refractivity contribution in [2.45, 2.75) is 31.5 Å². The van der Waals surface area contributed by atoms with Crippen LogP contribution >= 0.6 is 11.6 Å². The summed E-state index contributed by atoms with van der Waals surface area (Å²) in [5.41, 5.74) is -0.164. The Balaban J connectivity index is 2.13. The summed E-state index contributed by atoms with van der Waals surface area (Å²) >= 11 is 5.98. The zero-order chi connectivity index (χ0) is 11.1. The number of ether oxygens (including phenoxy) is 1. The van der Waals surface area contributed by atoms with Crippen molar-refractivity contribution in [3.8, 4) is 0 Å². The van der Waals surface area contributed by atoms with Gasteiger partial charge in [0.15, 0.2) is 0 Å². The van der Waals surface area contributed by atoms with Gasteiger partial charge in [-0.05, 0) is 6.92 Å². The Morgan fingerprint density at radius 1 is 1.73 bits per heavy atom. The fourth-order valence-corrected chi connectivity index (χ4v) is 2.52. The van der Waals surface area contributed by atoms with Crippen LogP contribution in [0.25, 0.3) is 0 Å². The van der Waals surface area contributed by atoms with E-state index in [-0.39, 0.29) is 6.10 Å². The molecule has 15 heavy (non-hydrogen) atoms. The minimum absolute atomic E-state index is 0.144. The molecule has 1 aliphatic carbocycles. The lowest BCUT2D eigenvalue weighted by molar-refractivity contribution is -0.146. The van der Waals surface area contributed by atoms with Crippen LogP contribution in [0.15, 0.2) is 6.20 Å². The maximum Gasteiger partial charge on any atom is 0.113 e. The quantitative estimate of drug-likeness (QED) is 0.855. The highest BCUT2D eigenvalue weighted by Gasteiger charge is 2.47. The van der Waals surface area contributed by atoms with Gasteiger partial charge in [0.05, 0.1) is 23.0 Å². The molecular weight excluding hydrogens is 216 g/mol. The van der Waals surface area contributed by atoms with Crippen LogP contribution < -0.4 is 0 Å². The summed E-state index contributed by atoms with van der Waals surface area (Å²) in [4.78, 5) is 0. The van der Waals surface area contributed by atoms with E-state index in [1.54, 1.807) is 17.9 Å². The topological polar surface area (TPSA) is 47.3 Å². The lowest BCUT2D eigenvalue weighted by Crippen LogP contribution is -2.47. The van der Waals surface area contributed by atoms with Gasteiger partial charge in [0, 0.05) is 26.5 Å². The van der Waals surface area contributed by atoms with Gasteiger partial charge in [-0.3, -0.25) is 4.68 Å². The van der Waals surface area contributed by atoms with Gasteiger partial charge in [-0.2, -0.15) is 5.10 Å². The number of halogens is 1. The molecule has 1 aromatic heterocycles. The lowest BCUT2D eigenvalue weighted by atomic mass is 9.75. The van der Waals surface area contributed by atoms with E-state index in [1.807, 2.05) is 6.92 Å². The first-order chi connectivity index (χ1) is 7.07. The molecule has 5 heteroatoms. The van der Waals surface area contributed by atoms with Crippen LogP contribution in [0.5, 0.6) is 0 Å². The third-order valence-electron chi connectivity index (χ3n) is 2.87. The molecule has 0 saturated heterocycles. The molecule has 1 saturated carbocycles. The SMILES string of the molecule is CCOC1CC(O)(c2c(Cl)cnn2C)C1. The van der Waals surface area contributed by atoms with E-state index in [2.05, 4.69) is 5.10 Å². The highest BCUT2D eigenvalue weighted by molar-refractivity contribution is 6.31. The highest BCUT2D eigenvalue weighted by Crippen LogP contribution is 2.45. The number of nitrogens with zero attached hydrogens (tertiary/aromatic N) is 2. The van der Waals surface area contributed by atoms with Gasteiger partial charge in [0.2, 0.25) is 0 Å². The number of aryl methyl sites for hydroxylation is 1. The standard InChI is InChI=1S/C10H15ClN2O2/c1-3-15-7-4-10(14,5-7)9-8(11)6-12-13(9)2/h6-7,14H,3-5H2,1-2H3. The summed E-state index contributed by atoms with van der Waals surface area (Å²) in [7, 11) is 1.78.